The van der Waals surface area contributed by atoms with Gasteiger partial charge in [0.2, 0.25) is 0 Å². The van der Waals surface area contributed by atoms with Crippen molar-refractivity contribution in [1.29, 1.82) is 0 Å². The van der Waals surface area contributed by atoms with Crippen LogP contribution in [0.3, 0.4) is 0 Å². The van der Waals surface area contributed by atoms with Gasteiger partial charge in [-0.1, -0.05) is 38.4 Å². The zero-order chi connectivity index (χ0) is 26.2. The second-order valence-corrected chi connectivity index (χ2v) is 9.24. The summed E-state index contributed by atoms with van der Waals surface area (Å²) in [5.41, 5.74) is 2.00. The van der Waals surface area contributed by atoms with Crippen molar-refractivity contribution < 1.29 is 14.3 Å². The number of anilines is 1. The number of carbonyl (C=O) groups is 2. The summed E-state index contributed by atoms with van der Waals surface area (Å²) in [6, 6.07) is 4.69. The molecule has 2 saturated heterocycles. The number of aldehydes is 2. The van der Waals surface area contributed by atoms with Crippen LogP contribution in [0.1, 0.15) is 44.6 Å². The number of ether oxygens (including phenoxy) is 1. The van der Waals surface area contributed by atoms with Crippen LogP contribution in [0.4, 0.5) is 5.69 Å². The minimum Gasteiger partial charge on any atom is -0.495 e. The van der Waals surface area contributed by atoms with E-state index >= 15 is 0 Å². The molecular formula is C27H45ClN4O3. The van der Waals surface area contributed by atoms with E-state index in [1.165, 1.54) is 64.6 Å². The van der Waals surface area contributed by atoms with Crippen molar-refractivity contribution in [3.8, 4) is 5.75 Å². The van der Waals surface area contributed by atoms with E-state index in [1.807, 2.05) is 26.0 Å². The fourth-order valence-electron chi connectivity index (χ4n) is 4.15. The third-order valence-corrected chi connectivity index (χ3v) is 6.76. The smallest absolute Gasteiger partial charge is 0.143 e. The maximum Gasteiger partial charge on any atom is 0.143 e. The van der Waals surface area contributed by atoms with E-state index in [4.69, 9.17) is 21.1 Å². The minimum absolute atomic E-state index is 0.280. The van der Waals surface area contributed by atoms with Crippen LogP contribution in [0.5, 0.6) is 5.75 Å². The molecule has 1 N–H and O–H groups in total. The molecule has 0 unspecified atom stereocenters. The first-order chi connectivity index (χ1) is 16.9. The van der Waals surface area contributed by atoms with Gasteiger partial charge in [-0.05, 0) is 50.6 Å². The minimum atomic E-state index is 0.280. The number of methoxy groups -OCH3 is 1. The summed E-state index contributed by atoms with van der Waals surface area (Å²) in [7, 11) is 6.01. The van der Waals surface area contributed by atoms with E-state index in [-0.39, 0.29) is 6.54 Å². The van der Waals surface area contributed by atoms with E-state index < -0.39 is 0 Å². The van der Waals surface area contributed by atoms with Crippen molar-refractivity contribution in [2.24, 2.45) is 0 Å². The van der Waals surface area contributed by atoms with Crippen molar-refractivity contribution in [2.75, 3.05) is 72.3 Å². The summed E-state index contributed by atoms with van der Waals surface area (Å²) in [5.74, 6) is 1.24. The molecule has 8 heteroatoms. The lowest BCUT2D eigenvalue weighted by atomic mass is 9.80. The number of rotatable bonds is 7. The first kappa shape index (κ1) is 31.1. The highest BCUT2D eigenvalue weighted by Gasteiger charge is 2.30. The number of nitrogens with zero attached hydrogens (tertiary/aromatic N) is 3. The van der Waals surface area contributed by atoms with E-state index in [9.17, 15) is 4.79 Å². The number of benzene rings is 1. The number of carbonyl (C=O) groups excluding carboxylic acids is 2. The fraction of sp³-hybridized carbons (Fsp3) is 0.630. The third-order valence-electron chi connectivity index (χ3n) is 6.43. The average Bonchev–Trinajstić information content (AvgIpc) is 2.83. The highest BCUT2D eigenvalue weighted by molar-refractivity contribution is 6.31. The maximum atomic E-state index is 10.4. The first-order valence-electron chi connectivity index (χ1n) is 12.7. The van der Waals surface area contributed by atoms with Gasteiger partial charge in [0.15, 0.2) is 0 Å². The fourth-order valence-corrected chi connectivity index (χ4v) is 4.45. The summed E-state index contributed by atoms with van der Waals surface area (Å²) in [6.45, 7) is 15.0. The Labute approximate surface area is 217 Å². The second-order valence-electron chi connectivity index (χ2n) is 8.84. The predicted molar refractivity (Wildman–Crippen MR) is 147 cm³/mol. The standard InChI is InChI=1S/C13H16ClNO2.C9H19N3.C3H4O.C2H6/c1-17-13-8-11(14)10(9-3-2-4-9)7-12(13)15-5-6-16;1-10-3-5-12(6-4-10)9-7-11(2)8-9;1-2-3-4;1-2/h6-9,15H,2-5H2,1H3;9H,3-8H2,1-2H3;2-3H,1H2;1-2H3. The van der Waals surface area contributed by atoms with Gasteiger partial charge >= 0.3 is 0 Å². The van der Waals surface area contributed by atoms with Gasteiger partial charge < -0.3 is 24.6 Å². The average molecular weight is 509 g/mol. The van der Waals surface area contributed by atoms with Crippen LogP contribution in [0, 0.1) is 0 Å². The quantitative estimate of drug-likeness (QED) is 0.438. The van der Waals surface area contributed by atoms with Crippen molar-refractivity contribution in [1.82, 2.24) is 14.7 Å². The molecule has 35 heavy (non-hydrogen) atoms. The Bertz CT molecular complexity index is 753. The van der Waals surface area contributed by atoms with Crippen LogP contribution in [-0.4, -0.2) is 100 Å². The molecular weight excluding hydrogens is 464 g/mol. The lowest BCUT2D eigenvalue weighted by Gasteiger charge is -2.46. The molecule has 1 aromatic rings. The molecule has 1 saturated carbocycles. The number of halogens is 1. The molecule has 3 aliphatic rings. The van der Waals surface area contributed by atoms with Gasteiger partial charge in [0, 0.05) is 56.4 Å². The number of hydrogen-bond acceptors (Lipinski definition) is 7. The van der Waals surface area contributed by atoms with Crippen molar-refractivity contribution in [3.05, 3.63) is 35.4 Å². The molecule has 198 valence electrons. The second kappa shape index (κ2) is 17.5. The molecule has 0 atom stereocenters. The van der Waals surface area contributed by atoms with E-state index in [0.29, 0.717) is 18.0 Å². The van der Waals surface area contributed by atoms with Gasteiger partial charge in [-0.2, -0.15) is 0 Å². The number of hydrogen-bond donors (Lipinski definition) is 1. The van der Waals surface area contributed by atoms with Crippen LogP contribution >= 0.6 is 11.6 Å². The van der Waals surface area contributed by atoms with Gasteiger partial charge in [-0.25, -0.2) is 0 Å². The van der Waals surface area contributed by atoms with E-state index in [1.54, 1.807) is 7.11 Å². The third kappa shape index (κ3) is 10.3. The van der Waals surface area contributed by atoms with Crippen LogP contribution in [-0.2, 0) is 9.59 Å². The van der Waals surface area contributed by atoms with Gasteiger partial charge in [0.25, 0.3) is 0 Å². The molecule has 1 aromatic carbocycles. The summed E-state index contributed by atoms with van der Waals surface area (Å²) in [4.78, 5) is 26.9. The summed E-state index contributed by atoms with van der Waals surface area (Å²) < 4.78 is 5.25. The Morgan fingerprint density at radius 3 is 2.11 bits per heavy atom. The molecule has 1 aliphatic carbocycles. The topological polar surface area (TPSA) is 65.1 Å². The van der Waals surface area contributed by atoms with Gasteiger partial charge in [-0.15, -0.1) is 0 Å². The molecule has 0 radical (unpaired) electrons. The Morgan fingerprint density at radius 2 is 1.69 bits per heavy atom. The number of likely N-dealkylation sites (tertiary alicyclic amines) is 1. The van der Waals surface area contributed by atoms with Crippen LogP contribution < -0.4 is 10.1 Å². The van der Waals surface area contributed by atoms with E-state index in [2.05, 4.69) is 40.7 Å². The summed E-state index contributed by atoms with van der Waals surface area (Å²) in [6.07, 6.45) is 6.32. The van der Waals surface area contributed by atoms with Crippen molar-refractivity contribution in [2.45, 2.75) is 45.1 Å². The monoisotopic (exact) mass is 508 g/mol. The molecule has 2 heterocycles. The molecule has 7 nitrogen and oxygen atoms in total. The lowest BCUT2D eigenvalue weighted by Crippen LogP contribution is -2.61. The van der Waals surface area contributed by atoms with Crippen LogP contribution in [0.2, 0.25) is 5.02 Å². The lowest BCUT2D eigenvalue weighted by molar-refractivity contribution is -0.106. The molecule has 4 rings (SSSR count). The van der Waals surface area contributed by atoms with Gasteiger partial charge in [-0.3, -0.25) is 9.69 Å². The molecule has 0 bridgehead atoms. The van der Waals surface area contributed by atoms with Crippen LogP contribution in [0.25, 0.3) is 0 Å². The normalized spacial score (nSPS) is 18.6. The predicted octanol–water partition coefficient (Wildman–Crippen LogP) is 4.17. The maximum absolute atomic E-state index is 10.4. The van der Waals surface area contributed by atoms with Crippen LogP contribution in [0.15, 0.2) is 24.8 Å². The Kier molecular flexibility index (Phi) is 15.5. The van der Waals surface area contributed by atoms with Crippen molar-refractivity contribution >= 4 is 29.9 Å². The highest BCUT2D eigenvalue weighted by Crippen LogP contribution is 2.43. The van der Waals surface area contributed by atoms with Crippen molar-refractivity contribution in [3.63, 3.8) is 0 Å². The van der Waals surface area contributed by atoms with Gasteiger partial charge in [0.1, 0.15) is 18.3 Å². The number of likely N-dealkylation sites (N-methyl/N-ethyl adjacent to an activating group) is 2. The SMILES string of the molecule is C=CC=O.CC.CN1CCN(C2CN(C)C2)CC1.COc1cc(Cl)c(C2CCC2)cc1NCC=O. The summed E-state index contributed by atoms with van der Waals surface area (Å²) in [5, 5.41) is 3.79. The number of allylic oxidation sites excluding steroid dienone is 1. The zero-order valence-corrected chi connectivity index (χ0v) is 23.0. The van der Waals surface area contributed by atoms with Gasteiger partial charge in [0.05, 0.1) is 19.3 Å². The highest BCUT2D eigenvalue weighted by atomic mass is 35.5. The molecule has 3 fully saturated rings. The van der Waals surface area contributed by atoms with E-state index in [0.717, 1.165) is 28.6 Å². The first-order valence-corrected chi connectivity index (χ1v) is 13.0. The molecule has 0 amide bonds. The number of nitrogens with one attached hydrogen (secondary N) is 1. The largest absolute Gasteiger partial charge is 0.495 e. The summed E-state index contributed by atoms with van der Waals surface area (Å²) >= 11 is 6.24. The zero-order valence-electron chi connectivity index (χ0n) is 22.3. The Hall–Kier alpha value is -1.93. The molecule has 0 aromatic heterocycles. The Morgan fingerprint density at radius 1 is 1.09 bits per heavy atom. The number of piperazine rings is 1. The molecule has 2 aliphatic heterocycles. The Balaban J connectivity index is 0.000000296. The molecule has 0 spiro atoms.